The van der Waals surface area contributed by atoms with Gasteiger partial charge >= 0.3 is 0 Å². The predicted octanol–water partition coefficient (Wildman–Crippen LogP) is 0.656. The predicted molar refractivity (Wildman–Crippen MR) is 80.8 cm³/mol. The van der Waals surface area contributed by atoms with Crippen LogP contribution in [-0.2, 0) is 16.1 Å². The van der Waals surface area contributed by atoms with Crippen LogP contribution in [0, 0.1) is 5.92 Å². The Morgan fingerprint density at radius 3 is 2.86 bits per heavy atom. The number of aromatic nitrogens is 2. The highest BCUT2D eigenvalue weighted by Crippen LogP contribution is 2.28. The van der Waals surface area contributed by atoms with Crippen molar-refractivity contribution in [2.75, 3.05) is 25.1 Å². The number of amides is 2. The number of hydrogen-bond acceptors (Lipinski definition) is 4. The quantitative estimate of drug-likeness (QED) is 0.871. The van der Waals surface area contributed by atoms with Crippen LogP contribution in [0.4, 0.5) is 0 Å². The molecule has 0 spiro atoms. The number of nitrogens with one attached hydrogen (secondary N) is 1. The third kappa shape index (κ3) is 2.79. The summed E-state index contributed by atoms with van der Waals surface area (Å²) in [7, 11) is 1.62. The van der Waals surface area contributed by atoms with Crippen molar-refractivity contribution in [1.29, 1.82) is 0 Å². The average Bonchev–Trinajstić information content (AvgIpc) is 3.01. The molecule has 0 bridgehead atoms. The summed E-state index contributed by atoms with van der Waals surface area (Å²) in [5.74, 6) is 2.32. The average molecular weight is 308 g/mol. The number of likely N-dealkylation sites (N-methyl/N-ethyl adjacent to an activating group) is 1. The van der Waals surface area contributed by atoms with E-state index in [1.54, 1.807) is 17.9 Å². The summed E-state index contributed by atoms with van der Waals surface area (Å²) in [6, 6.07) is 1.46. The van der Waals surface area contributed by atoms with Crippen molar-refractivity contribution in [2.45, 2.75) is 25.4 Å². The minimum atomic E-state index is -0.421. The normalized spacial score (nSPS) is 22.7. The van der Waals surface area contributed by atoms with Crippen molar-refractivity contribution in [3.63, 3.8) is 0 Å². The first-order valence-corrected chi connectivity index (χ1v) is 8.46. The van der Waals surface area contributed by atoms with Gasteiger partial charge in [-0.3, -0.25) is 14.3 Å². The number of fused-ring (bicyclic) bond motifs is 1. The molecule has 7 heteroatoms. The van der Waals surface area contributed by atoms with E-state index in [1.807, 2.05) is 22.7 Å². The zero-order valence-corrected chi connectivity index (χ0v) is 12.9. The van der Waals surface area contributed by atoms with E-state index in [0.29, 0.717) is 13.1 Å². The third-order valence-electron chi connectivity index (χ3n) is 4.22. The van der Waals surface area contributed by atoms with E-state index in [0.717, 1.165) is 30.0 Å². The first kappa shape index (κ1) is 14.4. The van der Waals surface area contributed by atoms with Gasteiger partial charge in [-0.15, -0.1) is 0 Å². The van der Waals surface area contributed by atoms with Crippen LogP contribution in [0.2, 0.25) is 0 Å². The lowest BCUT2D eigenvalue weighted by molar-refractivity contribution is -0.139. The monoisotopic (exact) mass is 308 g/mol. The number of nitrogens with zero attached hydrogens (tertiary/aromatic N) is 3. The molecule has 3 heterocycles. The Morgan fingerprint density at radius 1 is 1.38 bits per heavy atom. The number of carbonyl (C=O) groups is 2. The van der Waals surface area contributed by atoms with Gasteiger partial charge in [0.2, 0.25) is 11.8 Å². The molecule has 21 heavy (non-hydrogen) atoms. The molecule has 0 aromatic carbocycles. The summed E-state index contributed by atoms with van der Waals surface area (Å²) in [6.07, 6.45) is 3.59. The molecular formula is C14H20N4O2S. The van der Waals surface area contributed by atoms with Gasteiger partial charge in [0.25, 0.3) is 0 Å². The van der Waals surface area contributed by atoms with Crippen LogP contribution in [0.25, 0.3) is 0 Å². The lowest BCUT2D eigenvalue weighted by Crippen LogP contribution is -2.48. The second-order valence-corrected chi connectivity index (χ2v) is 6.73. The van der Waals surface area contributed by atoms with Crippen molar-refractivity contribution >= 4 is 23.6 Å². The summed E-state index contributed by atoms with van der Waals surface area (Å²) in [4.78, 5) is 26.6. The van der Waals surface area contributed by atoms with E-state index in [1.165, 1.54) is 0 Å². The highest BCUT2D eigenvalue weighted by molar-refractivity contribution is 7.99. The lowest BCUT2D eigenvalue weighted by Gasteiger charge is -2.35. The minimum Gasteiger partial charge on any atom is -0.357 e. The van der Waals surface area contributed by atoms with Gasteiger partial charge in [0.1, 0.15) is 6.04 Å². The largest absolute Gasteiger partial charge is 0.357 e. The Hall–Kier alpha value is -1.50. The third-order valence-corrected chi connectivity index (χ3v) is 5.27. The number of carbonyl (C=O) groups excluding carboxylic acids is 2. The van der Waals surface area contributed by atoms with Crippen LogP contribution in [0.5, 0.6) is 0 Å². The van der Waals surface area contributed by atoms with Crippen LogP contribution in [0.1, 0.15) is 24.6 Å². The molecule has 1 aromatic heterocycles. The zero-order chi connectivity index (χ0) is 14.8. The van der Waals surface area contributed by atoms with Gasteiger partial charge in [-0.25, -0.2) is 0 Å². The van der Waals surface area contributed by atoms with Gasteiger partial charge in [-0.2, -0.15) is 16.9 Å². The maximum Gasteiger partial charge on any atom is 0.246 e. The van der Waals surface area contributed by atoms with E-state index in [-0.39, 0.29) is 17.7 Å². The Bertz CT molecular complexity index is 539. The van der Waals surface area contributed by atoms with Crippen LogP contribution in [0.15, 0.2) is 12.3 Å². The topological polar surface area (TPSA) is 67.2 Å². The van der Waals surface area contributed by atoms with Crippen molar-refractivity contribution in [3.8, 4) is 0 Å². The molecule has 114 valence electrons. The molecular weight excluding hydrogens is 288 g/mol. The van der Waals surface area contributed by atoms with Gasteiger partial charge in [0.05, 0.1) is 18.8 Å². The van der Waals surface area contributed by atoms with E-state index in [9.17, 15) is 9.59 Å². The molecule has 2 aliphatic heterocycles. The summed E-state index contributed by atoms with van der Waals surface area (Å²) in [5, 5.41) is 6.89. The molecule has 1 saturated heterocycles. The second-order valence-electron chi connectivity index (χ2n) is 5.50. The van der Waals surface area contributed by atoms with E-state index in [2.05, 4.69) is 10.4 Å². The molecule has 2 aliphatic rings. The molecule has 6 nitrogen and oxygen atoms in total. The fourth-order valence-electron chi connectivity index (χ4n) is 3.02. The number of thioether (sulfide) groups is 1. The van der Waals surface area contributed by atoms with Crippen molar-refractivity contribution in [3.05, 3.63) is 18.0 Å². The molecule has 0 unspecified atom stereocenters. The van der Waals surface area contributed by atoms with E-state index < -0.39 is 6.04 Å². The molecule has 1 aromatic rings. The Morgan fingerprint density at radius 2 is 2.14 bits per heavy atom. The molecule has 0 aliphatic carbocycles. The van der Waals surface area contributed by atoms with Gasteiger partial charge in [-0.05, 0) is 30.4 Å². The van der Waals surface area contributed by atoms with Gasteiger partial charge in [-0.1, -0.05) is 0 Å². The summed E-state index contributed by atoms with van der Waals surface area (Å²) >= 11 is 1.91. The molecule has 1 N–H and O–H groups in total. The fourth-order valence-corrected chi connectivity index (χ4v) is 4.13. The Kier molecular flexibility index (Phi) is 4.19. The van der Waals surface area contributed by atoms with E-state index >= 15 is 0 Å². The molecule has 0 saturated carbocycles. The summed E-state index contributed by atoms with van der Waals surface area (Å²) < 4.78 is 1.74. The van der Waals surface area contributed by atoms with Crippen LogP contribution < -0.4 is 5.32 Å². The van der Waals surface area contributed by atoms with Crippen molar-refractivity contribution < 1.29 is 9.59 Å². The summed E-state index contributed by atoms with van der Waals surface area (Å²) in [6.45, 7) is 0.965. The maximum absolute atomic E-state index is 12.7. The maximum atomic E-state index is 12.7. The van der Waals surface area contributed by atoms with E-state index in [4.69, 9.17) is 0 Å². The van der Waals surface area contributed by atoms with Crippen LogP contribution >= 0.6 is 11.8 Å². The molecule has 3 rings (SSSR count). The standard InChI is InChI=1S/C14H20N4O2S/c1-15-13(19)12-9-17(8-11-2-5-16-18(11)12)14(20)10-3-6-21-7-4-10/h2,5,10,12H,3-4,6-9H2,1H3,(H,15,19)/t12-/m1/s1. The smallest absolute Gasteiger partial charge is 0.246 e. The highest BCUT2D eigenvalue weighted by atomic mass is 32.2. The first-order valence-electron chi connectivity index (χ1n) is 7.31. The lowest BCUT2D eigenvalue weighted by atomic mass is 10.00. The molecule has 2 amide bonds. The molecule has 1 fully saturated rings. The molecule has 0 radical (unpaired) electrons. The van der Waals surface area contributed by atoms with Crippen molar-refractivity contribution in [2.24, 2.45) is 5.92 Å². The second kappa shape index (κ2) is 6.09. The minimum absolute atomic E-state index is 0.100. The molecule has 1 atom stereocenters. The Labute approximate surface area is 128 Å². The van der Waals surface area contributed by atoms with Gasteiger partial charge in [0, 0.05) is 19.2 Å². The SMILES string of the molecule is CNC(=O)[C@H]1CN(C(=O)C2CCSCC2)Cc2ccnn21. The fraction of sp³-hybridized carbons (Fsp3) is 0.643. The van der Waals surface area contributed by atoms with Crippen LogP contribution in [0.3, 0.4) is 0 Å². The van der Waals surface area contributed by atoms with Crippen LogP contribution in [-0.4, -0.2) is 51.6 Å². The zero-order valence-electron chi connectivity index (χ0n) is 12.1. The Balaban J connectivity index is 1.79. The number of hydrogen-bond donors (Lipinski definition) is 1. The van der Waals surface area contributed by atoms with Gasteiger partial charge < -0.3 is 10.2 Å². The van der Waals surface area contributed by atoms with Crippen molar-refractivity contribution in [1.82, 2.24) is 20.0 Å². The highest BCUT2D eigenvalue weighted by Gasteiger charge is 2.35. The first-order chi connectivity index (χ1) is 10.2. The number of rotatable bonds is 2. The summed E-state index contributed by atoms with van der Waals surface area (Å²) in [5.41, 5.74) is 0.924. The van der Waals surface area contributed by atoms with Gasteiger partial charge in [0.15, 0.2) is 0 Å².